The molecular formula is C21H18ClNO5. The number of halogens is 1. The largest absolute Gasteiger partial charge is 0.476 e. The first kappa shape index (κ1) is 18.5. The Kier molecular flexibility index (Phi) is 5.32. The Morgan fingerprint density at radius 2 is 1.86 bits per heavy atom. The van der Waals surface area contributed by atoms with Crippen LogP contribution in [0.4, 0.5) is 0 Å². The molecule has 0 spiro atoms. The summed E-state index contributed by atoms with van der Waals surface area (Å²) in [6, 6.07) is 14.0. The molecule has 0 saturated carbocycles. The molecule has 4 rings (SSSR count). The van der Waals surface area contributed by atoms with Gasteiger partial charge in [-0.25, -0.2) is 0 Å². The van der Waals surface area contributed by atoms with Gasteiger partial charge in [-0.05, 0) is 18.2 Å². The fourth-order valence-corrected chi connectivity index (χ4v) is 3.27. The third kappa shape index (κ3) is 3.74. The Balaban J connectivity index is 1.73. The summed E-state index contributed by atoms with van der Waals surface area (Å²) < 4.78 is 16.9. The summed E-state index contributed by atoms with van der Waals surface area (Å²) in [5.41, 5.74) is 0.725. The van der Waals surface area contributed by atoms with Gasteiger partial charge < -0.3 is 18.8 Å². The van der Waals surface area contributed by atoms with Crippen LogP contribution in [-0.2, 0) is 9.53 Å². The molecule has 1 amide bonds. The first-order valence-electron chi connectivity index (χ1n) is 8.93. The number of morpholine rings is 1. The van der Waals surface area contributed by atoms with E-state index in [0.29, 0.717) is 47.9 Å². The Labute approximate surface area is 166 Å². The second-order valence-corrected chi connectivity index (χ2v) is 6.81. The number of amides is 1. The van der Waals surface area contributed by atoms with Crippen molar-refractivity contribution in [1.82, 2.24) is 4.90 Å². The number of nitrogens with zero attached hydrogens (tertiary/aromatic N) is 1. The molecule has 0 bridgehead atoms. The highest BCUT2D eigenvalue weighted by Gasteiger charge is 2.22. The number of ether oxygens (including phenoxy) is 2. The van der Waals surface area contributed by atoms with E-state index in [4.69, 9.17) is 25.5 Å². The van der Waals surface area contributed by atoms with E-state index in [1.807, 2.05) is 30.3 Å². The van der Waals surface area contributed by atoms with Crippen molar-refractivity contribution in [3.05, 3.63) is 63.8 Å². The lowest BCUT2D eigenvalue weighted by Gasteiger charge is -2.26. The molecule has 0 aliphatic carbocycles. The van der Waals surface area contributed by atoms with Crippen molar-refractivity contribution in [1.29, 1.82) is 0 Å². The molecule has 1 aliphatic rings. The number of benzene rings is 2. The summed E-state index contributed by atoms with van der Waals surface area (Å²) in [6.07, 6.45) is 0. The van der Waals surface area contributed by atoms with Gasteiger partial charge in [0.25, 0.3) is 5.91 Å². The molecule has 144 valence electrons. The molecule has 3 aromatic rings. The third-order valence-corrected chi connectivity index (χ3v) is 4.79. The van der Waals surface area contributed by atoms with E-state index in [-0.39, 0.29) is 29.5 Å². The average Bonchev–Trinajstić information content (AvgIpc) is 2.74. The lowest BCUT2D eigenvalue weighted by atomic mass is 10.1. The van der Waals surface area contributed by atoms with E-state index in [0.717, 1.165) is 0 Å². The Bertz CT molecular complexity index is 1060. The second-order valence-electron chi connectivity index (χ2n) is 6.38. The van der Waals surface area contributed by atoms with E-state index in [1.54, 1.807) is 17.0 Å². The van der Waals surface area contributed by atoms with Crippen LogP contribution in [0, 0.1) is 0 Å². The topological polar surface area (TPSA) is 69.0 Å². The van der Waals surface area contributed by atoms with Crippen LogP contribution in [0.5, 0.6) is 5.75 Å². The van der Waals surface area contributed by atoms with Crippen molar-refractivity contribution in [2.75, 3.05) is 32.9 Å². The molecule has 2 heterocycles. The maximum absolute atomic E-state index is 13.1. The van der Waals surface area contributed by atoms with Crippen molar-refractivity contribution >= 4 is 28.5 Å². The van der Waals surface area contributed by atoms with Crippen LogP contribution in [-0.4, -0.2) is 43.7 Å². The van der Waals surface area contributed by atoms with Gasteiger partial charge in [0.1, 0.15) is 5.58 Å². The molecule has 0 radical (unpaired) electrons. The predicted octanol–water partition coefficient (Wildman–Crippen LogP) is 3.35. The van der Waals surface area contributed by atoms with Crippen molar-refractivity contribution < 1.29 is 18.7 Å². The normalized spacial score (nSPS) is 14.2. The van der Waals surface area contributed by atoms with Crippen molar-refractivity contribution in [2.24, 2.45) is 0 Å². The SMILES string of the molecule is O=C(COc1c(-c2ccccc2)oc2ccc(Cl)cc2c1=O)N1CCOCC1. The fourth-order valence-electron chi connectivity index (χ4n) is 3.10. The smallest absolute Gasteiger partial charge is 0.260 e. The molecule has 2 aromatic carbocycles. The highest BCUT2D eigenvalue weighted by molar-refractivity contribution is 6.31. The molecule has 0 N–H and O–H groups in total. The van der Waals surface area contributed by atoms with Gasteiger partial charge in [0, 0.05) is 23.7 Å². The van der Waals surface area contributed by atoms with Crippen LogP contribution in [0.15, 0.2) is 57.7 Å². The standard InChI is InChI=1S/C21H18ClNO5/c22-15-6-7-17-16(12-15)19(25)21(20(28-17)14-4-2-1-3-5-14)27-13-18(24)23-8-10-26-11-9-23/h1-7,12H,8-11,13H2. The first-order valence-corrected chi connectivity index (χ1v) is 9.31. The molecule has 0 unspecified atom stereocenters. The monoisotopic (exact) mass is 399 g/mol. The van der Waals surface area contributed by atoms with Gasteiger partial charge in [-0.15, -0.1) is 0 Å². The van der Waals surface area contributed by atoms with Gasteiger partial charge >= 0.3 is 0 Å². The second kappa shape index (κ2) is 8.04. The Hall–Kier alpha value is -2.83. The number of hydrogen-bond acceptors (Lipinski definition) is 5. The van der Waals surface area contributed by atoms with Crippen molar-refractivity contribution in [2.45, 2.75) is 0 Å². The quantitative estimate of drug-likeness (QED) is 0.673. The highest BCUT2D eigenvalue weighted by Crippen LogP contribution is 2.31. The number of fused-ring (bicyclic) bond motifs is 1. The molecule has 1 saturated heterocycles. The average molecular weight is 400 g/mol. The summed E-state index contributed by atoms with van der Waals surface area (Å²) in [5.74, 6) is 0.0886. The summed E-state index contributed by atoms with van der Waals surface area (Å²) in [6.45, 7) is 1.76. The van der Waals surface area contributed by atoms with E-state index in [1.165, 1.54) is 6.07 Å². The number of carbonyl (C=O) groups is 1. The Morgan fingerprint density at radius 1 is 1.11 bits per heavy atom. The summed E-state index contributed by atoms with van der Waals surface area (Å²) >= 11 is 6.03. The molecule has 1 aliphatic heterocycles. The maximum atomic E-state index is 13.1. The van der Waals surface area contributed by atoms with Gasteiger partial charge in [0.15, 0.2) is 12.4 Å². The third-order valence-electron chi connectivity index (χ3n) is 4.55. The summed E-state index contributed by atoms with van der Waals surface area (Å²) in [5, 5.41) is 0.726. The van der Waals surface area contributed by atoms with Crippen LogP contribution in [0.3, 0.4) is 0 Å². The number of rotatable bonds is 4. The lowest BCUT2D eigenvalue weighted by molar-refractivity contribution is -0.137. The molecule has 6 nitrogen and oxygen atoms in total. The van der Waals surface area contributed by atoms with E-state index >= 15 is 0 Å². The van der Waals surface area contributed by atoms with E-state index in [9.17, 15) is 9.59 Å². The van der Waals surface area contributed by atoms with Gasteiger partial charge in [0.2, 0.25) is 11.2 Å². The van der Waals surface area contributed by atoms with Gasteiger partial charge in [-0.2, -0.15) is 0 Å². The Morgan fingerprint density at radius 3 is 2.61 bits per heavy atom. The number of hydrogen-bond donors (Lipinski definition) is 0. The minimum atomic E-state index is -0.364. The molecule has 1 aromatic heterocycles. The van der Waals surface area contributed by atoms with E-state index < -0.39 is 0 Å². The zero-order valence-corrected chi connectivity index (χ0v) is 15.8. The van der Waals surface area contributed by atoms with Gasteiger partial charge in [-0.3, -0.25) is 9.59 Å². The van der Waals surface area contributed by atoms with Crippen LogP contribution >= 0.6 is 11.6 Å². The molecule has 0 atom stereocenters. The van der Waals surface area contributed by atoms with Crippen LogP contribution in [0.2, 0.25) is 5.02 Å². The number of carbonyl (C=O) groups excluding carboxylic acids is 1. The minimum absolute atomic E-state index is 0.00239. The predicted molar refractivity (Wildman–Crippen MR) is 106 cm³/mol. The molecule has 28 heavy (non-hydrogen) atoms. The summed E-state index contributed by atoms with van der Waals surface area (Å²) in [4.78, 5) is 27.2. The first-order chi connectivity index (χ1) is 13.6. The molecular weight excluding hydrogens is 382 g/mol. The van der Waals surface area contributed by atoms with Gasteiger partial charge in [0.05, 0.1) is 18.6 Å². The lowest BCUT2D eigenvalue weighted by Crippen LogP contribution is -2.43. The maximum Gasteiger partial charge on any atom is 0.260 e. The zero-order chi connectivity index (χ0) is 19.5. The zero-order valence-electron chi connectivity index (χ0n) is 15.0. The van der Waals surface area contributed by atoms with Crippen LogP contribution in [0.1, 0.15) is 0 Å². The fraction of sp³-hybridized carbons (Fsp3) is 0.238. The van der Waals surface area contributed by atoms with Crippen LogP contribution < -0.4 is 10.2 Å². The van der Waals surface area contributed by atoms with Crippen molar-refractivity contribution in [3.63, 3.8) is 0 Å². The summed E-state index contributed by atoms with van der Waals surface area (Å²) in [7, 11) is 0. The van der Waals surface area contributed by atoms with Crippen LogP contribution in [0.25, 0.3) is 22.3 Å². The van der Waals surface area contributed by atoms with Crippen molar-refractivity contribution in [3.8, 4) is 17.1 Å². The minimum Gasteiger partial charge on any atom is -0.476 e. The van der Waals surface area contributed by atoms with E-state index in [2.05, 4.69) is 0 Å². The highest BCUT2D eigenvalue weighted by atomic mass is 35.5. The molecule has 7 heteroatoms. The molecule has 1 fully saturated rings. The van der Waals surface area contributed by atoms with Gasteiger partial charge in [-0.1, -0.05) is 41.9 Å².